The summed E-state index contributed by atoms with van der Waals surface area (Å²) in [4.78, 5) is 31.1. The summed E-state index contributed by atoms with van der Waals surface area (Å²) >= 11 is 0. The molecule has 3 aromatic carbocycles. The summed E-state index contributed by atoms with van der Waals surface area (Å²) in [6.07, 6.45) is 2.14. The van der Waals surface area contributed by atoms with Gasteiger partial charge in [-0.25, -0.2) is 8.42 Å². The van der Waals surface area contributed by atoms with Crippen molar-refractivity contribution >= 4 is 27.5 Å². The molecule has 7 rings (SSSR count). The second kappa shape index (κ2) is 15.0. The van der Waals surface area contributed by atoms with Crippen molar-refractivity contribution in [2.45, 2.75) is 41.9 Å². The van der Waals surface area contributed by atoms with Gasteiger partial charge in [0.1, 0.15) is 11.3 Å². The van der Waals surface area contributed by atoms with E-state index in [-0.39, 0.29) is 61.5 Å². The second-order valence-electron chi connectivity index (χ2n) is 13.0. The van der Waals surface area contributed by atoms with Gasteiger partial charge >= 0.3 is 0 Å². The van der Waals surface area contributed by atoms with Crippen LogP contribution in [0, 0.1) is 0 Å². The Labute approximate surface area is 302 Å². The number of carbonyl (C=O) groups excluding carboxylic acids is 2. The van der Waals surface area contributed by atoms with Gasteiger partial charge in [-0.3, -0.25) is 9.59 Å². The number of amides is 2. The third-order valence-corrected chi connectivity index (χ3v) is 12.0. The van der Waals surface area contributed by atoms with Gasteiger partial charge in [-0.2, -0.15) is 4.31 Å². The third kappa shape index (κ3) is 7.00. The van der Waals surface area contributed by atoms with E-state index in [1.807, 2.05) is 48.5 Å². The molecule has 0 radical (unpaired) electrons. The maximum absolute atomic E-state index is 14.1. The van der Waals surface area contributed by atoms with Crippen LogP contribution in [0.4, 0.5) is 5.69 Å². The molecule has 276 valence electrons. The highest BCUT2D eigenvalue weighted by Crippen LogP contribution is 2.40. The molecule has 2 fully saturated rings. The van der Waals surface area contributed by atoms with Crippen LogP contribution >= 0.6 is 0 Å². The zero-order chi connectivity index (χ0) is 36.3. The van der Waals surface area contributed by atoms with Crippen molar-refractivity contribution in [3.05, 3.63) is 90.2 Å². The molecule has 2 amide bonds. The van der Waals surface area contributed by atoms with Crippen LogP contribution < -0.4 is 24.4 Å². The Morgan fingerprint density at radius 2 is 1.77 bits per heavy atom. The third-order valence-electron chi connectivity index (χ3n) is 10.1. The molecule has 52 heavy (non-hydrogen) atoms. The van der Waals surface area contributed by atoms with Gasteiger partial charge in [-0.05, 0) is 73.0 Å². The molecule has 2 saturated heterocycles. The number of sulfonamides is 1. The fourth-order valence-electron chi connectivity index (χ4n) is 7.20. The Balaban J connectivity index is 1.06. The highest BCUT2D eigenvalue weighted by Gasteiger charge is 2.51. The minimum Gasteiger partial charge on any atom is -0.497 e. The van der Waals surface area contributed by atoms with Crippen LogP contribution in [0.1, 0.15) is 30.7 Å². The number of hydrogen-bond acceptors (Lipinski definition) is 11. The number of fused-ring (bicyclic) bond motifs is 1. The Morgan fingerprint density at radius 3 is 2.50 bits per heavy atom. The lowest BCUT2D eigenvalue weighted by Gasteiger charge is -2.43. The number of rotatable bonds is 12. The molecule has 1 spiro atoms. The van der Waals surface area contributed by atoms with E-state index in [1.165, 1.54) is 19.2 Å². The average molecular weight is 735 g/mol. The largest absolute Gasteiger partial charge is 0.497 e. The summed E-state index contributed by atoms with van der Waals surface area (Å²) < 4.78 is 56.6. The lowest BCUT2D eigenvalue weighted by Crippen LogP contribution is -2.57. The van der Waals surface area contributed by atoms with Crippen LogP contribution in [0.25, 0.3) is 0 Å². The summed E-state index contributed by atoms with van der Waals surface area (Å²) in [6, 6.07) is 21.4. The van der Waals surface area contributed by atoms with Gasteiger partial charge in [-0.15, -0.1) is 0 Å². The van der Waals surface area contributed by atoms with Gasteiger partial charge in [0.05, 0.1) is 31.9 Å². The van der Waals surface area contributed by atoms with Crippen molar-refractivity contribution in [2.24, 2.45) is 0 Å². The van der Waals surface area contributed by atoms with Crippen molar-refractivity contribution < 1.29 is 46.8 Å². The molecule has 0 aromatic heterocycles. The van der Waals surface area contributed by atoms with Gasteiger partial charge in [0.25, 0.3) is 5.91 Å². The highest BCUT2D eigenvalue weighted by molar-refractivity contribution is 7.89. The van der Waals surface area contributed by atoms with E-state index >= 15 is 0 Å². The summed E-state index contributed by atoms with van der Waals surface area (Å²) in [6.45, 7) is 0.562. The number of piperidine rings is 1. The first-order valence-electron chi connectivity index (χ1n) is 17.3. The number of ether oxygens (including phenoxy) is 5. The number of nitrogens with zero attached hydrogens (tertiary/aromatic N) is 3. The number of hydrogen-bond donors (Lipinski definition) is 2. The summed E-state index contributed by atoms with van der Waals surface area (Å²) in [5, 5.41) is 12.7. The van der Waals surface area contributed by atoms with E-state index in [4.69, 9.17) is 23.7 Å². The monoisotopic (exact) mass is 734 g/mol. The second-order valence-corrected chi connectivity index (χ2v) is 14.9. The Morgan fingerprint density at radius 1 is 1.02 bits per heavy atom. The Kier molecular flexibility index (Phi) is 10.3. The number of carbonyl (C=O) groups is 2. The van der Waals surface area contributed by atoms with Gasteiger partial charge in [0.15, 0.2) is 17.3 Å². The molecule has 2 atom stereocenters. The number of nitrogens with one attached hydrogen (secondary N) is 1. The first kappa shape index (κ1) is 35.6. The molecule has 4 heterocycles. The van der Waals surface area contributed by atoms with E-state index < -0.39 is 21.9 Å². The van der Waals surface area contributed by atoms with Crippen LogP contribution in [0.15, 0.2) is 89.5 Å². The lowest BCUT2D eigenvalue weighted by molar-refractivity contribution is -0.154. The molecule has 14 nitrogen and oxygen atoms in total. The number of para-hydroxylation sites is 1. The predicted octanol–water partition coefficient (Wildman–Crippen LogP) is 2.79. The molecule has 2 N–H and O–H groups in total. The highest BCUT2D eigenvalue weighted by atomic mass is 32.2. The van der Waals surface area contributed by atoms with Gasteiger partial charge < -0.3 is 43.9 Å². The fraction of sp³-hybridized carbons (Fsp3) is 0.405. The van der Waals surface area contributed by atoms with Crippen LogP contribution in [-0.2, 0) is 29.1 Å². The molecular weight excluding hydrogens is 692 g/mol. The van der Waals surface area contributed by atoms with Crippen molar-refractivity contribution in [1.82, 2.24) is 14.5 Å². The van der Waals surface area contributed by atoms with E-state index in [0.717, 1.165) is 15.6 Å². The Hall–Kier alpha value is -4.83. The van der Waals surface area contributed by atoms with Crippen LogP contribution in [0.3, 0.4) is 0 Å². The summed E-state index contributed by atoms with van der Waals surface area (Å²) in [7, 11) is -2.46. The number of aliphatic hydroxyl groups is 1. The van der Waals surface area contributed by atoms with Crippen LogP contribution in [-0.4, -0.2) is 106 Å². The normalized spacial score (nSPS) is 20.8. The van der Waals surface area contributed by atoms with E-state index in [0.29, 0.717) is 56.3 Å². The van der Waals surface area contributed by atoms with Crippen molar-refractivity contribution in [3.63, 3.8) is 0 Å². The maximum Gasteiger partial charge on any atom is 0.288 e. The minimum absolute atomic E-state index is 0.0443. The van der Waals surface area contributed by atoms with E-state index in [1.54, 1.807) is 23.1 Å². The SMILES string of the molecule is COc1ccc(S(=O)(=O)N(CCO)CCO[C@H]2C[C@@H](c3ccc4c(c3)OCO4)C=C(C(=O)N3CCC4(CC3)C(=O)NCN4c3ccccc3)O2)cc1. The zero-order valence-electron chi connectivity index (χ0n) is 28.8. The van der Waals surface area contributed by atoms with Crippen LogP contribution in [0.2, 0.25) is 0 Å². The van der Waals surface area contributed by atoms with Crippen molar-refractivity contribution in [1.29, 1.82) is 0 Å². The molecule has 15 heteroatoms. The first-order chi connectivity index (χ1) is 25.2. The molecule has 3 aromatic rings. The fourth-order valence-corrected chi connectivity index (χ4v) is 8.62. The first-order valence-corrected chi connectivity index (χ1v) is 18.7. The van der Waals surface area contributed by atoms with E-state index in [2.05, 4.69) is 10.2 Å². The predicted molar refractivity (Wildman–Crippen MR) is 188 cm³/mol. The van der Waals surface area contributed by atoms with Crippen molar-refractivity contribution in [3.8, 4) is 17.2 Å². The number of benzene rings is 3. The van der Waals surface area contributed by atoms with Gasteiger partial charge in [0.2, 0.25) is 29.0 Å². The molecule has 4 aliphatic heterocycles. The molecule has 0 bridgehead atoms. The summed E-state index contributed by atoms with van der Waals surface area (Å²) in [5.74, 6) is 1.21. The Bertz CT molecular complexity index is 1900. The number of likely N-dealkylation sites (tertiary alicyclic amines) is 1. The number of allylic oxidation sites excluding steroid dienone is 1. The van der Waals surface area contributed by atoms with Gasteiger partial charge in [0, 0.05) is 44.2 Å². The lowest BCUT2D eigenvalue weighted by atomic mass is 9.85. The number of methoxy groups -OCH3 is 1. The molecule has 0 saturated carbocycles. The standard InChI is InChI=1S/C37H42N4O10S/c1-47-29-8-10-30(11-9-29)52(45,46)40(17-19-42)18-20-48-34-23-27(26-7-12-31-32(21-26)50-25-49-31)22-33(51-34)35(43)39-15-13-37(14-16-39)36(44)38-24-41(37)28-5-3-2-4-6-28/h2-12,21-22,27,34,42H,13-20,23-25H2,1H3,(H,38,44)/t27-,34+/m0/s1. The molecule has 0 aliphatic carbocycles. The smallest absolute Gasteiger partial charge is 0.288 e. The number of aliphatic hydroxyl groups excluding tert-OH is 1. The molecule has 0 unspecified atom stereocenters. The number of anilines is 1. The average Bonchev–Trinajstić information content (AvgIpc) is 3.78. The molecular formula is C37H42N4O10S. The quantitative estimate of drug-likeness (QED) is 0.282. The van der Waals surface area contributed by atoms with Crippen LogP contribution in [0.5, 0.6) is 17.2 Å². The zero-order valence-corrected chi connectivity index (χ0v) is 29.6. The molecule has 4 aliphatic rings. The topological polar surface area (TPSA) is 156 Å². The summed E-state index contributed by atoms with van der Waals surface area (Å²) in [5.41, 5.74) is 1.06. The van der Waals surface area contributed by atoms with E-state index in [9.17, 15) is 23.1 Å². The van der Waals surface area contributed by atoms with Crippen molar-refractivity contribution in [2.75, 3.05) is 64.9 Å². The maximum atomic E-state index is 14.1. The minimum atomic E-state index is -3.96. The van der Waals surface area contributed by atoms with Gasteiger partial charge in [-0.1, -0.05) is 24.3 Å².